The first-order chi connectivity index (χ1) is 8.19. The lowest BCUT2D eigenvalue weighted by Gasteiger charge is -2.18. The number of nitrogen functional groups attached to an aromatic ring is 1. The van der Waals surface area contributed by atoms with Crippen molar-refractivity contribution in [3.05, 3.63) is 18.2 Å². The zero-order valence-electron chi connectivity index (χ0n) is 10.2. The second-order valence-corrected chi connectivity index (χ2v) is 4.13. The number of benzene rings is 1. The molecule has 0 saturated heterocycles. The molecule has 0 bridgehead atoms. The van der Waals surface area contributed by atoms with E-state index in [9.17, 15) is 0 Å². The molecule has 1 aromatic carbocycles. The Morgan fingerprint density at radius 1 is 1.35 bits per heavy atom. The molecular formula is C12H18N2O3. The minimum absolute atomic E-state index is 0.193. The summed E-state index contributed by atoms with van der Waals surface area (Å²) in [5, 5.41) is 3.31. The van der Waals surface area contributed by atoms with Gasteiger partial charge in [-0.05, 0) is 31.0 Å². The van der Waals surface area contributed by atoms with Crippen molar-refractivity contribution in [2.24, 2.45) is 0 Å². The van der Waals surface area contributed by atoms with Crippen molar-refractivity contribution in [1.82, 2.24) is 0 Å². The maximum atomic E-state index is 5.88. The lowest BCUT2D eigenvalue weighted by Crippen LogP contribution is -2.23. The van der Waals surface area contributed by atoms with Crippen LogP contribution < -0.4 is 15.8 Å². The van der Waals surface area contributed by atoms with Crippen LogP contribution in [0.4, 0.5) is 11.4 Å². The van der Waals surface area contributed by atoms with E-state index in [1.807, 2.05) is 18.2 Å². The van der Waals surface area contributed by atoms with Crippen LogP contribution in [0.2, 0.25) is 0 Å². The van der Waals surface area contributed by atoms with Gasteiger partial charge in [0.1, 0.15) is 11.5 Å². The smallest absolute Gasteiger partial charge is 0.188 e. The van der Waals surface area contributed by atoms with Crippen molar-refractivity contribution in [3.8, 4) is 5.75 Å². The molecule has 0 aromatic heterocycles. The molecule has 17 heavy (non-hydrogen) atoms. The normalized spacial score (nSPS) is 16.6. The van der Waals surface area contributed by atoms with Gasteiger partial charge in [-0.15, -0.1) is 0 Å². The highest BCUT2D eigenvalue weighted by atomic mass is 16.7. The average Bonchev–Trinajstić information content (AvgIpc) is 3.09. The maximum absolute atomic E-state index is 5.88. The summed E-state index contributed by atoms with van der Waals surface area (Å²) in [4.78, 5) is 0. The summed E-state index contributed by atoms with van der Waals surface area (Å²) in [7, 11) is 3.28. The first-order valence-corrected chi connectivity index (χ1v) is 5.54. The Morgan fingerprint density at radius 3 is 2.65 bits per heavy atom. The molecule has 5 nitrogen and oxygen atoms in total. The van der Waals surface area contributed by atoms with Crippen molar-refractivity contribution < 1.29 is 14.2 Å². The van der Waals surface area contributed by atoms with Gasteiger partial charge in [-0.1, -0.05) is 0 Å². The largest absolute Gasteiger partial charge is 0.465 e. The molecule has 1 aliphatic rings. The van der Waals surface area contributed by atoms with Gasteiger partial charge in [0, 0.05) is 19.9 Å². The second-order valence-electron chi connectivity index (χ2n) is 4.13. The molecule has 0 amide bonds. The number of ether oxygens (including phenoxy) is 3. The topological polar surface area (TPSA) is 65.7 Å². The minimum Gasteiger partial charge on any atom is -0.465 e. The minimum atomic E-state index is -0.193. The SMILES string of the molecule is COCOc1ccc(NC2(OC)CC2)cc1N. The van der Waals surface area contributed by atoms with E-state index in [1.165, 1.54) is 0 Å². The highest BCUT2D eigenvalue weighted by molar-refractivity contribution is 5.63. The molecule has 1 aromatic rings. The number of rotatable bonds is 6. The van der Waals surface area contributed by atoms with Gasteiger partial charge < -0.3 is 25.3 Å². The quantitative estimate of drug-likeness (QED) is 0.584. The summed E-state index contributed by atoms with van der Waals surface area (Å²) in [6, 6.07) is 5.58. The van der Waals surface area contributed by atoms with Gasteiger partial charge in [-0.3, -0.25) is 0 Å². The van der Waals surface area contributed by atoms with E-state index < -0.39 is 0 Å². The summed E-state index contributed by atoms with van der Waals surface area (Å²) < 4.78 is 15.5. The number of anilines is 2. The molecule has 0 atom stereocenters. The molecule has 5 heteroatoms. The number of hydrogen-bond donors (Lipinski definition) is 2. The van der Waals surface area contributed by atoms with Crippen LogP contribution in [-0.4, -0.2) is 26.7 Å². The number of methoxy groups -OCH3 is 2. The van der Waals surface area contributed by atoms with Crippen LogP contribution in [0, 0.1) is 0 Å². The number of nitrogens with one attached hydrogen (secondary N) is 1. The van der Waals surface area contributed by atoms with Crippen molar-refractivity contribution >= 4 is 11.4 Å². The molecule has 0 unspecified atom stereocenters. The van der Waals surface area contributed by atoms with Crippen LogP contribution in [0.5, 0.6) is 5.75 Å². The van der Waals surface area contributed by atoms with Crippen LogP contribution in [0.1, 0.15) is 12.8 Å². The predicted molar refractivity (Wildman–Crippen MR) is 66.0 cm³/mol. The monoisotopic (exact) mass is 238 g/mol. The van der Waals surface area contributed by atoms with Crippen LogP contribution in [0.3, 0.4) is 0 Å². The highest BCUT2D eigenvalue weighted by Crippen LogP contribution is 2.40. The van der Waals surface area contributed by atoms with Crippen LogP contribution in [0.15, 0.2) is 18.2 Å². The summed E-state index contributed by atoms with van der Waals surface area (Å²) in [6.07, 6.45) is 2.04. The van der Waals surface area contributed by atoms with E-state index in [0.29, 0.717) is 11.4 Å². The predicted octanol–water partition coefficient (Wildman–Crippen LogP) is 1.80. The highest BCUT2D eigenvalue weighted by Gasteiger charge is 2.43. The van der Waals surface area contributed by atoms with Crippen LogP contribution >= 0.6 is 0 Å². The Balaban J connectivity index is 2.03. The molecule has 2 rings (SSSR count). The fraction of sp³-hybridized carbons (Fsp3) is 0.500. The standard InChI is InChI=1S/C12H18N2O3/c1-15-8-17-11-4-3-9(7-10(11)13)14-12(16-2)5-6-12/h3-4,7,14H,5-6,8,13H2,1-2H3. The van der Waals surface area contributed by atoms with Gasteiger partial charge in [0.05, 0.1) is 5.69 Å². The zero-order chi connectivity index (χ0) is 12.3. The van der Waals surface area contributed by atoms with E-state index in [2.05, 4.69) is 5.32 Å². The lowest BCUT2D eigenvalue weighted by molar-refractivity contribution is 0.0516. The third kappa shape index (κ3) is 2.81. The molecule has 1 aliphatic carbocycles. The third-order valence-electron chi connectivity index (χ3n) is 2.81. The van der Waals surface area contributed by atoms with Gasteiger partial charge >= 0.3 is 0 Å². The third-order valence-corrected chi connectivity index (χ3v) is 2.81. The Morgan fingerprint density at radius 2 is 2.12 bits per heavy atom. The molecule has 0 radical (unpaired) electrons. The first-order valence-electron chi connectivity index (χ1n) is 5.54. The average molecular weight is 238 g/mol. The van der Waals surface area contributed by atoms with Gasteiger partial charge in [0.15, 0.2) is 6.79 Å². The summed E-state index contributed by atoms with van der Waals surface area (Å²) in [5.41, 5.74) is 7.21. The Kier molecular flexibility index (Phi) is 3.40. The Bertz CT molecular complexity index is 391. The second kappa shape index (κ2) is 4.81. The molecule has 1 saturated carbocycles. The fourth-order valence-electron chi connectivity index (χ4n) is 1.64. The summed E-state index contributed by atoms with van der Waals surface area (Å²) in [6.45, 7) is 0.193. The molecule has 0 heterocycles. The fourth-order valence-corrected chi connectivity index (χ4v) is 1.64. The van der Waals surface area contributed by atoms with E-state index >= 15 is 0 Å². The van der Waals surface area contributed by atoms with Crippen molar-refractivity contribution in [3.63, 3.8) is 0 Å². The van der Waals surface area contributed by atoms with E-state index in [1.54, 1.807) is 14.2 Å². The van der Waals surface area contributed by atoms with Crippen molar-refractivity contribution in [1.29, 1.82) is 0 Å². The molecule has 1 fully saturated rings. The Hall–Kier alpha value is -1.46. The van der Waals surface area contributed by atoms with E-state index in [0.717, 1.165) is 18.5 Å². The van der Waals surface area contributed by atoms with Crippen molar-refractivity contribution in [2.75, 3.05) is 32.1 Å². The van der Waals surface area contributed by atoms with E-state index in [-0.39, 0.29) is 12.5 Å². The van der Waals surface area contributed by atoms with Crippen molar-refractivity contribution in [2.45, 2.75) is 18.6 Å². The van der Waals surface area contributed by atoms with Gasteiger partial charge in [0.2, 0.25) is 0 Å². The van der Waals surface area contributed by atoms with Crippen LogP contribution in [0.25, 0.3) is 0 Å². The summed E-state index contributed by atoms with van der Waals surface area (Å²) in [5.74, 6) is 0.625. The van der Waals surface area contributed by atoms with E-state index in [4.69, 9.17) is 19.9 Å². The lowest BCUT2D eigenvalue weighted by atomic mass is 10.2. The first kappa shape index (κ1) is 12.0. The summed E-state index contributed by atoms with van der Waals surface area (Å²) >= 11 is 0. The van der Waals surface area contributed by atoms with Gasteiger partial charge in [-0.2, -0.15) is 0 Å². The number of hydrogen-bond acceptors (Lipinski definition) is 5. The van der Waals surface area contributed by atoms with Crippen LogP contribution in [-0.2, 0) is 9.47 Å². The van der Waals surface area contributed by atoms with Gasteiger partial charge in [0.25, 0.3) is 0 Å². The zero-order valence-corrected chi connectivity index (χ0v) is 10.2. The maximum Gasteiger partial charge on any atom is 0.188 e. The number of nitrogens with two attached hydrogens (primary N) is 1. The molecule has 94 valence electrons. The molecule has 3 N–H and O–H groups in total. The molecule has 0 aliphatic heterocycles. The Labute approximate surface area is 101 Å². The van der Waals surface area contributed by atoms with Gasteiger partial charge in [-0.25, -0.2) is 0 Å². The molecule has 0 spiro atoms. The molecular weight excluding hydrogens is 220 g/mol.